The maximum Gasteiger partial charge on any atom is 0.323 e. The van der Waals surface area contributed by atoms with Crippen LogP contribution in [0.1, 0.15) is 34.1 Å². The zero-order valence-electron chi connectivity index (χ0n) is 9.33. The summed E-state index contributed by atoms with van der Waals surface area (Å²) in [5, 5.41) is 0. The second-order valence-electron chi connectivity index (χ2n) is 3.35. The molecule has 0 aromatic rings. The standard InChI is InChI=1S/C10H21NO2/c1-6-8(3)11(5)9(4)10(12)13-7-2/h8-9H,6-7H2,1-5H3. The SMILES string of the molecule is CCOC(=O)C(C)N(C)C(C)CC. The maximum atomic E-state index is 11.3. The molecule has 0 aliphatic heterocycles. The van der Waals surface area contributed by atoms with E-state index in [1.807, 2.05) is 25.8 Å². The Hall–Kier alpha value is -0.570. The number of rotatable bonds is 5. The molecule has 78 valence electrons. The molecule has 0 fully saturated rings. The van der Waals surface area contributed by atoms with E-state index >= 15 is 0 Å². The van der Waals surface area contributed by atoms with Crippen LogP contribution in [-0.2, 0) is 9.53 Å². The van der Waals surface area contributed by atoms with E-state index in [1.165, 1.54) is 0 Å². The summed E-state index contributed by atoms with van der Waals surface area (Å²) in [5.74, 6) is -0.134. The minimum absolute atomic E-state index is 0.134. The summed E-state index contributed by atoms with van der Waals surface area (Å²) < 4.78 is 4.94. The smallest absolute Gasteiger partial charge is 0.323 e. The number of carbonyl (C=O) groups is 1. The van der Waals surface area contributed by atoms with E-state index in [2.05, 4.69) is 13.8 Å². The first-order valence-corrected chi connectivity index (χ1v) is 4.93. The molecule has 0 radical (unpaired) electrons. The van der Waals surface area contributed by atoms with Crippen molar-refractivity contribution < 1.29 is 9.53 Å². The zero-order chi connectivity index (χ0) is 10.4. The van der Waals surface area contributed by atoms with E-state index in [1.54, 1.807) is 0 Å². The van der Waals surface area contributed by atoms with E-state index in [9.17, 15) is 4.79 Å². The number of ether oxygens (including phenoxy) is 1. The van der Waals surface area contributed by atoms with Crippen LogP contribution in [0.25, 0.3) is 0 Å². The quantitative estimate of drug-likeness (QED) is 0.613. The first kappa shape index (κ1) is 12.4. The molecule has 0 bridgehead atoms. The van der Waals surface area contributed by atoms with Crippen molar-refractivity contribution in [2.75, 3.05) is 13.7 Å². The molecular weight excluding hydrogens is 166 g/mol. The fourth-order valence-corrected chi connectivity index (χ4v) is 1.10. The largest absolute Gasteiger partial charge is 0.465 e. The van der Waals surface area contributed by atoms with Gasteiger partial charge in [0.1, 0.15) is 6.04 Å². The summed E-state index contributed by atoms with van der Waals surface area (Å²) in [6.45, 7) is 8.38. The monoisotopic (exact) mass is 187 g/mol. The summed E-state index contributed by atoms with van der Waals surface area (Å²) in [6.07, 6.45) is 1.04. The lowest BCUT2D eigenvalue weighted by molar-refractivity contribution is -0.149. The lowest BCUT2D eigenvalue weighted by atomic mass is 10.2. The fourth-order valence-electron chi connectivity index (χ4n) is 1.10. The van der Waals surface area contributed by atoms with Crippen LogP contribution in [-0.4, -0.2) is 36.6 Å². The highest BCUT2D eigenvalue weighted by atomic mass is 16.5. The number of esters is 1. The van der Waals surface area contributed by atoms with Gasteiger partial charge in [-0.1, -0.05) is 6.92 Å². The Labute approximate surface area is 81.1 Å². The molecular formula is C10H21NO2. The lowest BCUT2D eigenvalue weighted by Gasteiger charge is -2.28. The van der Waals surface area contributed by atoms with Crippen LogP contribution in [0.2, 0.25) is 0 Å². The molecule has 0 amide bonds. The summed E-state index contributed by atoms with van der Waals surface area (Å²) in [4.78, 5) is 13.4. The molecule has 3 nitrogen and oxygen atoms in total. The van der Waals surface area contributed by atoms with Crippen molar-refractivity contribution in [3.05, 3.63) is 0 Å². The highest BCUT2D eigenvalue weighted by molar-refractivity contribution is 5.75. The van der Waals surface area contributed by atoms with E-state index in [-0.39, 0.29) is 12.0 Å². The predicted octanol–water partition coefficient (Wildman–Crippen LogP) is 1.67. The van der Waals surface area contributed by atoms with Gasteiger partial charge in [-0.15, -0.1) is 0 Å². The molecule has 0 rings (SSSR count). The van der Waals surface area contributed by atoms with E-state index < -0.39 is 0 Å². The van der Waals surface area contributed by atoms with Crippen molar-refractivity contribution in [2.45, 2.75) is 46.2 Å². The van der Waals surface area contributed by atoms with Gasteiger partial charge in [0, 0.05) is 6.04 Å². The summed E-state index contributed by atoms with van der Waals surface area (Å²) >= 11 is 0. The number of hydrogen-bond donors (Lipinski definition) is 0. The predicted molar refractivity (Wildman–Crippen MR) is 53.6 cm³/mol. The topological polar surface area (TPSA) is 29.5 Å². The van der Waals surface area contributed by atoms with Gasteiger partial charge < -0.3 is 4.74 Å². The van der Waals surface area contributed by atoms with E-state index in [0.717, 1.165) is 6.42 Å². The summed E-state index contributed by atoms with van der Waals surface area (Å²) in [6, 6.07) is 0.273. The molecule has 2 atom stereocenters. The van der Waals surface area contributed by atoms with Gasteiger partial charge in [0.25, 0.3) is 0 Å². The number of hydrogen-bond acceptors (Lipinski definition) is 3. The van der Waals surface area contributed by atoms with Gasteiger partial charge in [-0.2, -0.15) is 0 Å². The van der Waals surface area contributed by atoms with Crippen LogP contribution in [0.3, 0.4) is 0 Å². The molecule has 0 spiro atoms. The van der Waals surface area contributed by atoms with Crippen LogP contribution in [0.5, 0.6) is 0 Å². The molecule has 0 heterocycles. The Morgan fingerprint density at radius 2 is 1.92 bits per heavy atom. The van der Waals surface area contributed by atoms with Crippen LogP contribution in [0.15, 0.2) is 0 Å². The average molecular weight is 187 g/mol. The zero-order valence-corrected chi connectivity index (χ0v) is 9.33. The number of carbonyl (C=O) groups excluding carboxylic acids is 1. The van der Waals surface area contributed by atoms with Crippen molar-refractivity contribution in [2.24, 2.45) is 0 Å². The van der Waals surface area contributed by atoms with Gasteiger partial charge in [-0.3, -0.25) is 9.69 Å². The Balaban J connectivity index is 4.07. The van der Waals surface area contributed by atoms with Crippen LogP contribution in [0, 0.1) is 0 Å². The average Bonchev–Trinajstić information content (AvgIpc) is 2.14. The highest BCUT2D eigenvalue weighted by Gasteiger charge is 2.21. The van der Waals surface area contributed by atoms with E-state index in [0.29, 0.717) is 12.6 Å². The van der Waals surface area contributed by atoms with E-state index in [4.69, 9.17) is 4.74 Å². The van der Waals surface area contributed by atoms with Gasteiger partial charge in [-0.25, -0.2) is 0 Å². The third kappa shape index (κ3) is 3.77. The van der Waals surface area contributed by atoms with Crippen LogP contribution in [0.4, 0.5) is 0 Å². The molecule has 13 heavy (non-hydrogen) atoms. The van der Waals surface area contributed by atoms with Gasteiger partial charge in [-0.05, 0) is 34.2 Å². The second-order valence-corrected chi connectivity index (χ2v) is 3.35. The molecule has 3 heteroatoms. The number of likely N-dealkylation sites (N-methyl/N-ethyl adjacent to an activating group) is 1. The summed E-state index contributed by atoms with van der Waals surface area (Å²) in [5.41, 5.74) is 0. The molecule has 0 aliphatic rings. The third-order valence-corrected chi connectivity index (χ3v) is 2.52. The molecule has 2 unspecified atom stereocenters. The summed E-state index contributed by atoms with van der Waals surface area (Å²) in [7, 11) is 1.95. The van der Waals surface area contributed by atoms with Crippen LogP contribution < -0.4 is 0 Å². The maximum absolute atomic E-state index is 11.3. The third-order valence-electron chi connectivity index (χ3n) is 2.52. The van der Waals surface area contributed by atoms with Crippen LogP contribution >= 0.6 is 0 Å². The molecule has 0 saturated carbocycles. The first-order valence-electron chi connectivity index (χ1n) is 4.93. The van der Waals surface area contributed by atoms with Gasteiger partial charge in [0.2, 0.25) is 0 Å². The second kappa shape index (κ2) is 5.97. The fraction of sp³-hybridized carbons (Fsp3) is 0.900. The normalized spacial score (nSPS) is 15.5. The van der Waals surface area contributed by atoms with Gasteiger partial charge >= 0.3 is 5.97 Å². The first-order chi connectivity index (χ1) is 6.04. The Morgan fingerprint density at radius 3 is 2.31 bits per heavy atom. The van der Waals surface area contributed by atoms with Gasteiger partial charge in [0.05, 0.1) is 6.61 Å². The minimum Gasteiger partial charge on any atom is -0.465 e. The Kier molecular flexibility index (Phi) is 5.71. The Bertz CT molecular complexity index is 159. The number of nitrogens with zero attached hydrogens (tertiary/aromatic N) is 1. The van der Waals surface area contributed by atoms with Gasteiger partial charge in [0.15, 0.2) is 0 Å². The van der Waals surface area contributed by atoms with Crippen molar-refractivity contribution in [3.63, 3.8) is 0 Å². The highest BCUT2D eigenvalue weighted by Crippen LogP contribution is 2.06. The minimum atomic E-state index is -0.144. The molecule has 0 aromatic carbocycles. The molecule has 0 aliphatic carbocycles. The van der Waals surface area contributed by atoms with Crippen molar-refractivity contribution in [1.29, 1.82) is 0 Å². The van der Waals surface area contributed by atoms with Crippen molar-refractivity contribution in [3.8, 4) is 0 Å². The van der Waals surface area contributed by atoms with Crippen molar-refractivity contribution >= 4 is 5.97 Å². The van der Waals surface area contributed by atoms with Crippen molar-refractivity contribution in [1.82, 2.24) is 4.90 Å². The Morgan fingerprint density at radius 1 is 1.38 bits per heavy atom. The molecule has 0 aromatic heterocycles. The molecule has 0 saturated heterocycles. The molecule has 0 N–H and O–H groups in total. The lowest BCUT2D eigenvalue weighted by Crippen LogP contribution is -2.42.